The summed E-state index contributed by atoms with van der Waals surface area (Å²) in [6, 6.07) is 1.92. The number of rotatable bonds is 2. The maximum absolute atomic E-state index is 4.52. The summed E-state index contributed by atoms with van der Waals surface area (Å²) >= 11 is 0. The minimum absolute atomic E-state index is 0.819. The van der Waals surface area contributed by atoms with Crippen LogP contribution in [-0.2, 0) is 0 Å². The lowest BCUT2D eigenvalue weighted by molar-refractivity contribution is 0.632. The first-order chi connectivity index (χ1) is 9.72. The number of aryl methyl sites for hydroxylation is 2. The number of hydrogen-bond acceptors (Lipinski definition) is 6. The van der Waals surface area contributed by atoms with E-state index in [1.54, 1.807) is 6.20 Å². The zero-order chi connectivity index (χ0) is 13.9. The molecule has 0 amide bonds. The molecule has 20 heavy (non-hydrogen) atoms. The van der Waals surface area contributed by atoms with Crippen molar-refractivity contribution in [3.05, 3.63) is 36.0 Å². The second-order valence-corrected chi connectivity index (χ2v) is 4.99. The first kappa shape index (κ1) is 12.8. The molecule has 1 saturated heterocycles. The monoisotopic (exact) mass is 270 g/mol. The third-order valence-electron chi connectivity index (χ3n) is 3.41. The SMILES string of the molecule is Cc1cncc(N2CCN(c3nccc(C)n3)CC2)n1. The van der Waals surface area contributed by atoms with Gasteiger partial charge in [-0.15, -0.1) is 0 Å². The maximum atomic E-state index is 4.52. The Morgan fingerprint density at radius 3 is 2.35 bits per heavy atom. The van der Waals surface area contributed by atoms with Crippen molar-refractivity contribution in [3.63, 3.8) is 0 Å². The Labute approximate surface area is 118 Å². The zero-order valence-electron chi connectivity index (χ0n) is 11.8. The first-order valence-corrected chi connectivity index (χ1v) is 6.80. The van der Waals surface area contributed by atoms with Gasteiger partial charge in [-0.2, -0.15) is 0 Å². The van der Waals surface area contributed by atoms with Crippen molar-refractivity contribution in [1.82, 2.24) is 19.9 Å². The predicted molar refractivity (Wildman–Crippen MR) is 78.0 cm³/mol. The molecule has 1 aliphatic heterocycles. The molecule has 2 aromatic rings. The minimum Gasteiger partial charge on any atom is -0.352 e. The predicted octanol–water partition coefficient (Wildman–Crippen LogP) is 1.21. The maximum Gasteiger partial charge on any atom is 0.225 e. The Hall–Kier alpha value is -2.24. The van der Waals surface area contributed by atoms with Crippen LogP contribution in [0.2, 0.25) is 0 Å². The molecule has 0 N–H and O–H groups in total. The van der Waals surface area contributed by atoms with Crippen molar-refractivity contribution in [2.45, 2.75) is 13.8 Å². The molecular weight excluding hydrogens is 252 g/mol. The molecule has 0 atom stereocenters. The molecule has 0 aromatic carbocycles. The van der Waals surface area contributed by atoms with Gasteiger partial charge in [0.15, 0.2) is 0 Å². The van der Waals surface area contributed by atoms with Gasteiger partial charge in [0.25, 0.3) is 0 Å². The molecule has 1 fully saturated rings. The summed E-state index contributed by atoms with van der Waals surface area (Å²) in [6.07, 6.45) is 5.42. The Bertz CT molecular complexity index is 538. The molecule has 0 bridgehead atoms. The number of aromatic nitrogens is 4. The fraction of sp³-hybridized carbons (Fsp3) is 0.429. The van der Waals surface area contributed by atoms with Crippen LogP contribution < -0.4 is 9.80 Å². The summed E-state index contributed by atoms with van der Waals surface area (Å²) in [6.45, 7) is 7.58. The Kier molecular flexibility index (Phi) is 3.45. The van der Waals surface area contributed by atoms with Gasteiger partial charge in [-0.25, -0.2) is 15.0 Å². The standard InChI is InChI=1S/C14H18N6/c1-11-3-4-16-14(18-11)20-7-5-19(6-8-20)13-10-15-9-12(2)17-13/h3-4,9-10H,5-8H2,1-2H3. The van der Waals surface area contributed by atoms with Gasteiger partial charge in [0.05, 0.1) is 11.9 Å². The minimum atomic E-state index is 0.819. The summed E-state index contributed by atoms with van der Waals surface area (Å²) in [5.74, 6) is 1.77. The van der Waals surface area contributed by atoms with Crippen LogP contribution in [-0.4, -0.2) is 46.1 Å². The van der Waals surface area contributed by atoms with E-state index in [-0.39, 0.29) is 0 Å². The second-order valence-electron chi connectivity index (χ2n) is 4.99. The fourth-order valence-corrected chi connectivity index (χ4v) is 2.33. The van der Waals surface area contributed by atoms with E-state index in [1.165, 1.54) is 0 Å². The first-order valence-electron chi connectivity index (χ1n) is 6.80. The zero-order valence-corrected chi connectivity index (χ0v) is 11.8. The highest BCUT2D eigenvalue weighted by Gasteiger charge is 2.20. The average molecular weight is 270 g/mol. The van der Waals surface area contributed by atoms with E-state index in [0.717, 1.165) is 49.3 Å². The van der Waals surface area contributed by atoms with Gasteiger partial charge in [-0.05, 0) is 19.9 Å². The molecule has 6 heteroatoms. The molecule has 1 aliphatic rings. The largest absolute Gasteiger partial charge is 0.352 e. The summed E-state index contributed by atoms with van der Waals surface area (Å²) in [5, 5.41) is 0. The van der Waals surface area contributed by atoms with Gasteiger partial charge in [0.2, 0.25) is 5.95 Å². The van der Waals surface area contributed by atoms with Crippen LogP contribution in [0.1, 0.15) is 11.4 Å². The summed E-state index contributed by atoms with van der Waals surface area (Å²) in [5.41, 5.74) is 1.95. The third-order valence-corrected chi connectivity index (χ3v) is 3.41. The van der Waals surface area contributed by atoms with Gasteiger partial charge in [0.1, 0.15) is 5.82 Å². The number of piperazine rings is 1. The molecule has 0 radical (unpaired) electrons. The van der Waals surface area contributed by atoms with Crippen LogP contribution in [0.3, 0.4) is 0 Å². The number of nitrogens with zero attached hydrogens (tertiary/aromatic N) is 6. The van der Waals surface area contributed by atoms with Crippen molar-refractivity contribution in [2.75, 3.05) is 36.0 Å². The highest BCUT2D eigenvalue weighted by Crippen LogP contribution is 2.15. The molecule has 2 aromatic heterocycles. The second kappa shape index (κ2) is 5.40. The fourth-order valence-electron chi connectivity index (χ4n) is 2.33. The number of anilines is 2. The highest BCUT2D eigenvalue weighted by molar-refractivity contribution is 5.41. The highest BCUT2D eigenvalue weighted by atomic mass is 15.3. The van der Waals surface area contributed by atoms with Gasteiger partial charge >= 0.3 is 0 Å². The lowest BCUT2D eigenvalue weighted by Gasteiger charge is -2.35. The molecule has 0 unspecified atom stereocenters. The van der Waals surface area contributed by atoms with Crippen LogP contribution in [0.25, 0.3) is 0 Å². The van der Waals surface area contributed by atoms with E-state index in [2.05, 4.69) is 29.7 Å². The van der Waals surface area contributed by atoms with Crippen LogP contribution in [0.4, 0.5) is 11.8 Å². The molecular formula is C14H18N6. The third kappa shape index (κ3) is 2.68. The smallest absolute Gasteiger partial charge is 0.225 e. The topological polar surface area (TPSA) is 58.0 Å². The van der Waals surface area contributed by atoms with Crippen LogP contribution >= 0.6 is 0 Å². The Morgan fingerprint density at radius 1 is 0.900 bits per heavy atom. The summed E-state index contributed by atoms with van der Waals surface area (Å²) in [7, 11) is 0. The van der Waals surface area contributed by atoms with Gasteiger partial charge in [0, 0.05) is 44.3 Å². The van der Waals surface area contributed by atoms with Gasteiger partial charge in [-0.1, -0.05) is 0 Å². The Balaban J connectivity index is 1.68. The summed E-state index contributed by atoms with van der Waals surface area (Å²) < 4.78 is 0. The molecule has 0 spiro atoms. The summed E-state index contributed by atoms with van der Waals surface area (Å²) in [4.78, 5) is 22.0. The van der Waals surface area contributed by atoms with E-state index < -0.39 is 0 Å². The quantitative estimate of drug-likeness (QED) is 0.817. The van der Waals surface area contributed by atoms with E-state index in [1.807, 2.05) is 32.3 Å². The van der Waals surface area contributed by atoms with Gasteiger partial charge < -0.3 is 9.80 Å². The van der Waals surface area contributed by atoms with Crippen LogP contribution in [0, 0.1) is 13.8 Å². The molecule has 6 nitrogen and oxygen atoms in total. The van der Waals surface area contributed by atoms with Gasteiger partial charge in [-0.3, -0.25) is 4.98 Å². The molecule has 104 valence electrons. The molecule has 3 heterocycles. The van der Waals surface area contributed by atoms with Crippen LogP contribution in [0.5, 0.6) is 0 Å². The average Bonchev–Trinajstić information content (AvgIpc) is 2.47. The van der Waals surface area contributed by atoms with E-state index >= 15 is 0 Å². The van der Waals surface area contributed by atoms with Crippen molar-refractivity contribution < 1.29 is 0 Å². The van der Waals surface area contributed by atoms with E-state index in [0.29, 0.717) is 0 Å². The van der Waals surface area contributed by atoms with Crippen molar-refractivity contribution in [2.24, 2.45) is 0 Å². The molecule has 3 rings (SSSR count). The molecule has 0 saturated carbocycles. The van der Waals surface area contributed by atoms with Crippen LogP contribution in [0.15, 0.2) is 24.7 Å². The lowest BCUT2D eigenvalue weighted by atomic mass is 10.3. The lowest BCUT2D eigenvalue weighted by Crippen LogP contribution is -2.47. The molecule has 0 aliphatic carbocycles. The van der Waals surface area contributed by atoms with E-state index in [9.17, 15) is 0 Å². The van der Waals surface area contributed by atoms with Crippen molar-refractivity contribution in [3.8, 4) is 0 Å². The van der Waals surface area contributed by atoms with Crippen molar-refractivity contribution >= 4 is 11.8 Å². The Morgan fingerprint density at radius 2 is 1.65 bits per heavy atom. The normalized spacial score (nSPS) is 15.5. The van der Waals surface area contributed by atoms with Crippen molar-refractivity contribution in [1.29, 1.82) is 0 Å². The number of hydrogen-bond donors (Lipinski definition) is 0. The van der Waals surface area contributed by atoms with E-state index in [4.69, 9.17) is 0 Å².